The van der Waals surface area contributed by atoms with Crippen LogP contribution >= 0.6 is 35.4 Å². The Balaban J connectivity index is 1.99. The van der Waals surface area contributed by atoms with Gasteiger partial charge in [-0.2, -0.15) is 0 Å². The zero-order chi connectivity index (χ0) is 22.0. The third-order valence-corrected chi connectivity index (χ3v) is 4.71. The highest BCUT2D eigenvalue weighted by molar-refractivity contribution is 7.80. The summed E-state index contributed by atoms with van der Waals surface area (Å²) >= 11 is 17.2. The molecule has 0 atom stereocenters. The molecule has 1 saturated heterocycles. The van der Waals surface area contributed by atoms with E-state index in [0.717, 1.165) is 11.0 Å². The first-order valence-corrected chi connectivity index (χ1v) is 9.35. The number of hydrogen-bond donors (Lipinski definition) is 2. The molecule has 1 aliphatic heterocycles. The number of halogens is 3. The number of carboxylic acids is 1. The van der Waals surface area contributed by atoms with Crippen molar-refractivity contribution >= 4 is 70.1 Å². The summed E-state index contributed by atoms with van der Waals surface area (Å²) in [6.45, 7) is -0.657. The standard InChI is InChI=1S/C19H11Cl2FN2O5S/c20-11-6-9(7-12(21)16(11)29-8-15(25)26)5-10-17(27)23-19(30)24(18(10)28)14-4-2-1-3-13(14)22/h1-7H,8H2,(H,25,26)(H,23,27,30)/b10-5+. The summed E-state index contributed by atoms with van der Waals surface area (Å²) in [5, 5.41) is 10.7. The minimum absolute atomic E-state index is 0.0271. The van der Waals surface area contributed by atoms with Gasteiger partial charge in [-0.15, -0.1) is 0 Å². The average molecular weight is 469 g/mol. The quantitative estimate of drug-likeness (QED) is 0.396. The van der Waals surface area contributed by atoms with Crippen molar-refractivity contribution in [1.82, 2.24) is 5.32 Å². The average Bonchev–Trinajstić information content (AvgIpc) is 2.65. The molecule has 1 fully saturated rings. The maximum Gasteiger partial charge on any atom is 0.341 e. The molecule has 1 aliphatic rings. The second-order valence-electron chi connectivity index (χ2n) is 5.91. The van der Waals surface area contributed by atoms with Crippen molar-refractivity contribution in [3.63, 3.8) is 0 Å². The second kappa shape index (κ2) is 8.78. The first-order chi connectivity index (χ1) is 14.2. The Morgan fingerprint density at radius 3 is 2.47 bits per heavy atom. The number of ether oxygens (including phenoxy) is 1. The van der Waals surface area contributed by atoms with Crippen molar-refractivity contribution in [3.8, 4) is 5.75 Å². The molecule has 154 valence electrons. The SMILES string of the molecule is O=C(O)COc1c(Cl)cc(/C=C2\C(=O)NC(=S)N(c3ccccc3F)C2=O)cc1Cl. The fraction of sp³-hybridized carbons (Fsp3) is 0.0526. The number of rotatable bonds is 5. The van der Waals surface area contributed by atoms with Crippen LogP contribution in [0.5, 0.6) is 5.75 Å². The van der Waals surface area contributed by atoms with E-state index in [-0.39, 0.29) is 37.7 Å². The molecule has 0 saturated carbocycles. The number of para-hydroxylation sites is 1. The highest BCUT2D eigenvalue weighted by atomic mass is 35.5. The summed E-state index contributed by atoms with van der Waals surface area (Å²) in [6, 6.07) is 8.13. The van der Waals surface area contributed by atoms with E-state index in [2.05, 4.69) is 5.32 Å². The van der Waals surface area contributed by atoms with Gasteiger partial charge in [-0.1, -0.05) is 35.3 Å². The van der Waals surface area contributed by atoms with Crippen LogP contribution in [-0.2, 0) is 14.4 Å². The van der Waals surface area contributed by atoms with Crippen molar-refractivity contribution in [2.24, 2.45) is 0 Å². The molecule has 0 bridgehead atoms. The number of anilines is 1. The number of carboxylic acid groups (broad SMARTS) is 1. The van der Waals surface area contributed by atoms with Crippen LogP contribution in [0.1, 0.15) is 5.56 Å². The van der Waals surface area contributed by atoms with Crippen LogP contribution in [0.3, 0.4) is 0 Å². The van der Waals surface area contributed by atoms with Gasteiger partial charge >= 0.3 is 5.97 Å². The molecule has 2 amide bonds. The van der Waals surface area contributed by atoms with Crippen LogP contribution in [0.4, 0.5) is 10.1 Å². The molecule has 30 heavy (non-hydrogen) atoms. The number of hydrogen-bond acceptors (Lipinski definition) is 5. The van der Waals surface area contributed by atoms with E-state index in [1.165, 1.54) is 36.4 Å². The van der Waals surface area contributed by atoms with Crippen LogP contribution in [0, 0.1) is 5.82 Å². The van der Waals surface area contributed by atoms with Crippen molar-refractivity contribution in [2.75, 3.05) is 11.5 Å². The molecule has 1 heterocycles. The van der Waals surface area contributed by atoms with Gasteiger partial charge in [-0.05, 0) is 48.1 Å². The predicted molar refractivity (Wildman–Crippen MR) is 112 cm³/mol. The van der Waals surface area contributed by atoms with Crippen molar-refractivity contribution in [2.45, 2.75) is 0 Å². The molecule has 3 rings (SSSR count). The minimum atomic E-state index is -1.22. The van der Waals surface area contributed by atoms with Gasteiger partial charge in [0.1, 0.15) is 11.4 Å². The Morgan fingerprint density at radius 1 is 1.23 bits per heavy atom. The molecule has 2 aromatic rings. The zero-order valence-corrected chi connectivity index (χ0v) is 17.1. The molecule has 7 nitrogen and oxygen atoms in total. The predicted octanol–water partition coefficient (Wildman–Crippen LogP) is 3.43. The summed E-state index contributed by atoms with van der Waals surface area (Å²) in [5.74, 6) is -3.60. The number of carbonyl (C=O) groups excluding carboxylic acids is 2. The van der Waals surface area contributed by atoms with Crippen molar-refractivity contribution < 1.29 is 28.6 Å². The van der Waals surface area contributed by atoms with Gasteiger partial charge in [0.15, 0.2) is 17.5 Å². The van der Waals surface area contributed by atoms with Gasteiger partial charge < -0.3 is 9.84 Å². The molecule has 0 unspecified atom stereocenters. The topological polar surface area (TPSA) is 95.9 Å². The minimum Gasteiger partial charge on any atom is -0.479 e. The van der Waals surface area contributed by atoms with E-state index < -0.39 is 30.2 Å². The molecule has 0 aromatic heterocycles. The summed E-state index contributed by atoms with van der Waals surface area (Å²) in [7, 11) is 0. The van der Waals surface area contributed by atoms with Crippen LogP contribution < -0.4 is 15.0 Å². The normalized spacial score (nSPS) is 15.4. The molecule has 2 N–H and O–H groups in total. The first kappa shape index (κ1) is 21.7. The Labute approximate surface area is 184 Å². The Bertz CT molecular complexity index is 1100. The van der Waals surface area contributed by atoms with Crippen LogP contribution in [-0.4, -0.2) is 34.6 Å². The van der Waals surface area contributed by atoms with Crippen molar-refractivity contribution in [3.05, 3.63) is 63.4 Å². The third kappa shape index (κ3) is 4.43. The molecule has 0 aliphatic carbocycles. The summed E-state index contributed by atoms with van der Waals surface area (Å²) in [6.07, 6.45) is 1.20. The molecule has 0 radical (unpaired) electrons. The maximum absolute atomic E-state index is 14.2. The summed E-state index contributed by atoms with van der Waals surface area (Å²) in [4.78, 5) is 36.8. The third-order valence-electron chi connectivity index (χ3n) is 3.87. The Kier molecular flexibility index (Phi) is 6.35. The highest BCUT2D eigenvalue weighted by Crippen LogP contribution is 2.35. The monoisotopic (exact) mass is 468 g/mol. The Hall–Kier alpha value is -3.01. The largest absolute Gasteiger partial charge is 0.479 e. The highest BCUT2D eigenvalue weighted by Gasteiger charge is 2.35. The van der Waals surface area contributed by atoms with Gasteiger partial charge in [-0.25, -0.2) is 14.1 Å². The lowest BCUT2D eigenvalue weighted by Gasteiger charge is -2.29. The molecule has 2 aromatic carbocycles. The number of carbonyl (C=O) groups is 3. The summed E-state index contributed by atoms with van der Waals surface area (Å²) < 4.78 is 19.2. The van der Waals surface area contributed by atoms with E-state index in [1.54, 1.807) is 0 Å². The van der Waals surface area contributed by atoms with E-state index in [0.29, 0.717) is 0 Å². The summed E-state index contributed by atoms with van der Waals surface area (Å²) in [5.41, 5.74) is -0.197. The van der Waals surface area contributed by atoms with Crippen molar-refractivity contribution in [1.29, 1.82) is 0 Å². The van der Waals surface area contributed by atoms with Gasteiger partial charge in [0.2, 0.25) is 0 Å². The van der Waals surface area contributed by atoms with Crippen LogP contribution in [0.15, 0.2) is 42.0 Å². The first-order valence-electron chi connectivity index (χ1n) is 8.18. The molecule has 11 heteroatoms. The lowest BCUT2D eigenvalue weighted by atomic mass is 10.1. The zero-order valence-electron chi connectivity index (χ0n) is 14.8. The number of amides is 2. The van der Waals surface area contributed by atoms with Crippen LogP contribution in [0.25, 0.3) is 6.08 Å². The van der Waals surface area contributed by atoms with E-state index >= 15 is 0 Å². The lowest BCUT2D eigenvalue weighted by molar-refractivity contribution is -0.139. The second-order valence-corrected chi connectivity index (χ2v) is 7.11. The molecular formula is C19H11Cl2FN2O5S. The number of thiocarbonyl (C=S) groups is 1. The molecule has 0 spiro atoms. The number of benzene rings is 2. The van der Waals surface area contributed by atoms with Gasteiger partial charge in [0, 0.05) is 0 Å². The van der Waals surface area contributed by atoms with Gasteiger partial charge in [0.05, 0.1) is 15.7 Å². The smallest absolute Gasteiger partial charge is 0.341 e. The van der Waals surface area contributed by atoms with Gasteiger partial charge in [0.25, 0.3) is 11.8 Å². The number of nitrogens with one attached hydrogen (secondary N) is 1. The fourth-order valence-corrected chi connectivity index (χ4v) is 3.50. The van der Waals surface area contributed by atoms with Crippen LogP contribution in [0.2, 0.25) is 10.0 Å². The van der Waals surface area contributed by atoms with E-state index in [4.69, 9.17) is 45.3 Å². The fourth-order valence-electron chi connectivity index (χ4n) is 2.61. The number of aliphatic carboxylic acids is 1. The number of nitrogens with zero attached hydrogens (tertiary/aromatic N) is 1. The van der Waals surface area contributed by atoms with Gasteiger partial charge in [-0.3, -0.25) is 14.9 Å². The lowest BCUT2D eigenvalue weighted by Crippen LogP contribution is -2.54. The Morgan fingerprint density at radius 2 is 1.87 bits per heavy atom. The van der Waals surface area contributed by atoms with E-state index in [9.17, 15) is 18.8 Å². The molecular weight excluding hydrogens is 458 g/mol. The maximum atomic E-state index is 14.2. The van der Waals surface area contributed by atoms with E-state index in [1.807, 2.05) is 0 Å².